The second kappa shape index (κ2) is 7.10. The molecule has 0 saturated heterocycles. The van der Waals surface area contributed by atoms with Gasteiger partial charge in [0.2, 0.25) is 5.91 Å². The molecule has 1 amide bonds. The van der Waals surface area contributed by atoms with Gasteiger partial charge in [0.15, 0.2) is 0 Å². The van der Waals surface area contributed by atoms with Gasteiger partial charge in [-0.1, -0.05) is 27.7 Å². The van der Waals surface area contributed by atoms with Gasteiger partial charge in [0.05, 0.1) is 0 Å². The summed E-state index contributed by atoms with van der Waals surface area (Å²) in [7, 11) is 4.10. The maximum atomic E-state index is 12.1. The van der Waals surface area contributed by atoms with Crippen molar-refractivity contribution in [3.05, 3.63) is 0 Å². The summed E-state index contributed by atoms with van der Waals surface area (Å²) in [5, 5.41) is 3.15. The molecule has 4 heteroatoms. The molecule has 0 radical (unpaired) electrons. The number of nitrogens with two attached hydrogens (primary N) is 1. The molecule has 3 unspecified atom stereocenters. The van der Waals surface area contributed by atoms with Crippen molar-refractivity contribution in [3.8, 4) is 0 Å². The zero-order valence-corrected chi connectivity index (χ0v) is 13.1. The standard InChI is InChI=1S/C14H31N3O/c1-10(11(2)15)13(18)16-12(14(3,4)5)8-9-17(6)7/h10-12H,8-9,15H2,1-7H3,(H,16,18). The third-order valence-electron chi connectivity index (χ3n) is 3.43. The van der Waals surface area contributed by atoms with Crippen molar-refractivity contribution in [2.24, 2.45) is 17.1 Å². The molecule has 0 aliphatic carbocycles. The second-order valence-electron chi connectivity index (χ2n) is 6.67. The molecule has 4 nitrogen and oxygen atoms in total. The average molecular weight is 257 g/mol. The zero-order chi connectivity index (χ0) is 14.5. The van der Waals surface area contributed by atoms with E-state index in [0.717, 1.165) is 13.0 Å². The summed E-state index contributed by atoms with van der Waals surface area (Å²) in [4.78, 5) is 14.2. The molecule has 0 heterocycles. The molecule has 0 aliphatic heterocycles. The van der Waals surface area contributed by atoms with E-state index in [2.05, 4.69) is 31.0 Å². The Morgan fingerprint density at radius 3 is 2.11 bits per heavy atom. The van der Waals surface area contributed by atoms with E-state index < -0.39 is 0 Å². The molecular formula is C14H31N3O. The lowest BCUT2D eigenvalue weighted by Crippen LogP contribution is -2.49. The minimum atomic E-state index is -0.144. The number of amides is 1. The average Bonchev–Trinajstić information content (AvgIpc) is 2.20. The van der Waals surface area contributed by atoms with Crippen LogP contribution in [-0.4, -0.2) is 43.5 Å². The number of carbonyl (C=O) groups is 1. The first-order chi connectivity index (χ1) is 8.05. The minimum absolute atomic E-state index is 0.0588. The number of hydrogen-bond donors (Lipinski definition) is 2. The van der Waals surface area contributed by atoms with Crippen molar-refractivity contribution >= 4 is 5.91 Å². The van der Waals surface area contributed by atoms with Gasteiger partial charge in [-0.2, -0.15) is 0 Å². The first-order valence-corrected chi connectivity index (χ1v) is 6.76. The van der Waals surface area contributed by atoms with E-state index in [9.17, 15) is 4.79 Å². The van der Waals surface area contributed by atoms with E-state index in [1.807, 2.05) is 27.9 Å². The van der Waals surface area contributed by atoms with Gasteiger partial charge in [0.25, 0.3) is 0 Å². The van der Waals surface area contributed by atoms with Crippen LogP contribution in [0, 0.1) is 11.3 Å². The third-order valence-corrected chi connectivity index (χ3v) is 3.43. The summed E-state index contributed by atoms with van der Waals surface area (Å²) in [6.07, 6.45) is 0.952. The zero-order valence-electron chi connectivity index (χ0n) is 13.1. The summed E-state index contributed by atoms with van der Waals surface area (Å²) < 4.78 is 0. The van der Waals surface area contributed by atoms with Crippen molar-refractivity contribution in [2.45, 2.75) is 53.1 Å². The van der Waals surface area contributed by atoms with E-state index in [4.69, 9.17) is 5.73 Å². The van der Waals surface area contributed by atoms with Gasteiger partial charge in [0.1, 0.15) is 0 Å². The van der Waals surface area contributed by atoms with E-state index >= 15 is 0 Å². The summed E-state index contributed by atoms with van der Waals surface area (Å²) in [6, 6.07) is 0.0630. The number of nitrogens with zero attached hydrogens (tertiary/aromatic N) is 1. The molecular weight excluding hydrogens is 226 g/mol. The topological polar surface area (TPSA) is 58.4 Å². The molecule has 0 rings (SSSR count). The molecule has 0 aromatic heterocycles. The molecule has 0 aromatic rings. The van der Waals surface area contributed by atoms with Gasteiger partial charge in [0, 0.05) is 18.0 Å². The highest BCUT2D eigenvalue weighted by Crippen LogP contribution is 2.22. The van der Waals surface area contributed by atoms with Crippen LogP contribution < -0.4 is 11.1 Å². The molecule has 0 spiro atoms. The first kappa shape index (κ1) is 17.4. The van der Waals surface area contributed by atoms with Crippen LogP contribution in [0.2, 0.25) is 0 Å². The Kier molecular flexibility index (Phi) is 6.86. The van der Waals surface area contributed by atoms with Crippen LogP contribution in [0.5, 0.6) is 0 Å². The van der Waals surface area contributed by atoms with Gasteiger partial charge in [-0.3, -0.25) is 4.79 Å². The lowest BCUT2D eigenvalue weighted by atomic mass is 9.84. The molecule has 0 bridgehead atoms. The van der Waals surface area contributed by atoms with Crippen LogP contribution in [0.1, 0.15) is 41.0 Å². The lowest BCUT2D eigenvalue weighted by Gasteiger charge is -2.33. The van der Waals surface area contributed by atoms with Crippen molar-refractivity contribution in [2.75, 3.05) is 20.6 Å². The van der Waals surface area contributed by atoms with E-state index in [0.29, 0.717) is 0 Å². The molecule has 0 fully saturated rings. The maximum absolute atomic E-state index is 12.1. The van der Waals surface area contributed by atoms with E-state index in [1.165, 1.54) is 0 Å². The molecule has 3 atom stereocenters. The van der Waals surface area contributed by atoms with Crippen molar-refractivity contribution < 1.29 is 4.79 Å². The van der Waals surface area contributed by atoms with Gasteiger partial charge in [-0.25, -0.2) is 0 Å². The summed E-state index contributed by atoms with van der Waals surface area (Å²) >= 11 is 0. The van der Waals surface area contributed by atoms with Crippen LogP contribution in [0.3, 0.4) is 0 Å². The number of hydrogen-bond acceptors (Lipinski definition) is 3. The Hall–Kier alpha value is -0.610. The Bertz CT molecular complexity index is 256. The number of carbonyl (C=O) groups excluding carboxylic acids is 1. The monoisotopic (exact) mass is 257 g/mol. The van der Waals surface area contributed by atoms with Crippen LogP contribution in [0.25, 0.3) is 0 Å². The molecule has 3 N–H and O–H groups in total. The SMILES string of the molecule is CC(N)C(C)C(=O)NC(CCN(C)C)C(C)(C)C. The maximum Gasteiger partial charge on any atom is 0.224 e. The number of rotatable bonds is 6. The Morgan fingerprint density at radius 2 is 1.78 bits per heavy atom. The van der Waals surface area contributed by atoms with Crippen LogP contribution >= 0.6 is 0 Å². The highest BCUT2D eigenvalue weighted by molar-refractivity contribution is 5.79. The van der Waals surface area contributed by atoms with E-state index in [-0.39, 0.29) is 29.3 Å². The predicted molar refractivity (Wildman–Crippen MR) is 77.4 cm³/mol. The fourth-order valence-electron chi connectivity index (χ4n) is 1.65. The van der Waals surface area contributed by atoms with Crippen molar-refractivity contribution in [1.82, 2.24) is 10.2 Å². The molecule has 0 aliphatic rings. The fraction of sp³-hybridized carbons (Fsp3) is 0.929. The van der Waals surface area contributed by atoms with Crippen LogP contribution in [0.15, 0.2) is 0 Å². The third kappa shape index (κ3) is 6.36. The molecule has 0 saturated carbocycles. The van der Waals surface area contributed by atoms with Crippen molar-refractivity contribution in [3.63, 3.8) is 0 Å². The molecule has 108 valence electrons. The molecule has 18 heavy (non-hydrogen) atoms. The Labute approximate surface area is 112 Å². The van der Waals surface area contributed by atoms with E-state index in [1.54, 1.807) is 0 Å². The second-order valence-corrected chi connectivity index (χ2v) is 6.67. The van der Waals surface area contributed by atoms with Gasteiger partial charge >= 0.3 is 0 Å². The normalized spacial score (nSPS) is 17.4. The van der Waals surface area contributed by atoms with Crippen LogP contribution in [-0.2, 0) is 4.79 Å². The largest absolute Gasteiger partial charge is 0.353 e. The fourth-order valence-corrected chi connectivity index (χ4v) is 1.65. The predicted octanol–water partition coefficient (Wildman–Crippen LogP) is 1.45. The smallest absolute Gasteiger partial charge is 0.224 e. The van der Waals surface area contributed by atoms with Gasteiger partial charge in [-0.15, -0.1) is 0 Å². The van der Waals surface area contributed by atoms with Crippen LogP contribution in [0.4, 0.5) is 0 Å². The first-order valence-electron chi connectivity index (χ1n) is 6.76. The minimum Gasteiger partial charge on any atom is -0.353 e. The highest BCUT2D eigenvalue weighted by Gasteiger charge is 2.28. The highest BCUT2D eigenvalue weighted by atomic mass is 16.2. The lowest BCUT2D eigenvalue weighted by molar-refractivity contribution is -0.126. The van der Waals surface area contributed by atoms with Gasteiger partial charge < -0.3 is 16.0 Å². The quantitative estimate of drug-likeness (QED) is 0.757. The summed E-state index contributed by atoms with van der Waals surface area (Å²) in [6.45, 7) is 11.2. The van der Waals surface area contributed by atoms with Gasteiger partial charge in [-0.05, 0) is 39.4 Å². The van der Waals surface area contributed by atoms with Crippen molar-refractivity contribution in [1.29, 1.82) is 0 Å². The summed E-state index contributed by atoms with van der Waals surface area (Å²) in [5.74, 6) is -0.0853. The number of nitrogens with one attached hydrogen (secondary N) is 1. The summed E-state index contributed by atoms with van der Waals surface area (Å²) in [5.41, 5.74) is 5.83. The molecule has 0 aromatic carbocycles. The Morgan fingerprint density at radius 1 is 1.28 bits per heavy atom. The Balaban J connectivity index is 4.55.